The molecule has 0 saturated heterocycles. The number of nitrogens with two attached hydrogens (primary N) is 1. The number of nitrogens with zero attached hydrogens (tertiary/aromatic N) is 1. The van der Waals surface area contributed by atoms with Gasteiger partial charge in [0.2, 0.25) is 0 Å². The predicted molar refractivity (Wildman–Crippen MR) is 79.3 cm³/mol. The fraction of sp³-hybridized carbons (Fsp3) is 0.214. The topological polar surface area (TPSA) is 58.4 Å². The van der Waals surface area contributed by atoms with Gasteiger partial charge in [-0.15, -0.1) is 11.3 Å². The third-order valence-electron chi connectivity index (χ3n) is 2.85. The van der Waals surface area contributed by atoms with Crippen LogP contribution in [0.5, 0.6) is 0 Å². The number of carbonyl (C=O) groups is 1. The molecule has 0 atom stereocenters. The van der Waals surface area contributed by atoms with Crippen molar-refractivity contribution in [2.45, 2.75) is 13.5 Å². The van der Waals surface area contributed by atoms with Crippen LogP contribution in [0.25, 0.3) is 0 Å². The van der Waals surface area contributed by atoms with Gasteiger partial charge >= 0.3 is 0 Å². The maximum absolute atomic E-state index is 11.4. The fourth-order valence-electron chi connectivity index (χ4n) is 1.85. The van der Waals surface area contributed by atoms with Gasteiger partial charge in [0, 0.05) is 17.6 Å². The average Bonchev–Trinajstić information content (AvgIpc) is 2.86. The molecule has 100 valence electrons. The van der Waals surface area contributed by atoms with E-state index in [9.17, 15) is 4.79 Å². The molecule has 2 rings (SSSR count). The monoisotopic (exact) mass is 275 g/mol. The number of hydrazine groups is 1. The Morgan fingerprint density at radius 3 is 2.84 bits per heavy atom. The summed E-state index contributed by atoms with van der Waals surface area (Å²) in [7, 11) is 2.04. The van der Waals surface area contributed by atoms with E-state index in [1.807, 2.05) is 19.2 Å². The summed E-state index contributed by atoms with van der Waals surface area (Å²) in [4.78, 5) is 15.3. The van der Waals surface area contributed by atoms with Crippen LogP contribution in [0.4, 0.5) is 5.69 Å². The lowest BCUT2D eigenvalue weighted by molar-refractivity contribution is 0.0957. The molecule has 1 aromatic heterocycles. The Hall–Kier alpha value is -1.85. The largest absolute Gasteiger partial charge is 0.369 e. The van der Waals surface area contributed by atoms with Crippen molar-refractivity contribution in [1.29, 1.82) is 0 Å². The van der Waals surface area contributed by atoms with E-state index in [2.05, 4.69) is 35.4 Å². The molecule has 3 N–H and O–H groups in total. The Morgan fingerprint density at radius 2 is 2.16 bits per heavy atom. The van der Waals surface area contributed by atoms with Gasteiger partial charge in [-0.1, -0.05) is 12.1 Å². The molecule has 2 aromatic rings. The zero-order chi connectivity index (χ0) is 13.8. The highest BCUT2D eigenvalue weighted by molar-refractivity contribution is 7.14. The maximum atomic E-state index is 11.4. The molecular weight excluding hydrogens is 258 g/mol. The van der Waals surface area contributed by atoms with Crippen molar-refractivity contribution in [2.24, 2.45) is 5.84 Å². The van der Waals surface area contributed by atoms with Gasteiger partial charge in [0.05, 0.1) is 11.4 Å². The van der Waals surface area contributed by atoms with Gasteiger partial charge in [-0.05, 0) is 36.8 Å². The molecule has 0 unspecified atom stereocenters. The summed E-state index contributed by atoms with van der Waals surface area (Å²) >= 11 is 1.46. The Morgan fingerprint density at radius 1 is 1.37 bits per heavy atom. The number of amides is 1. The Labute approximate surface area is 116 Å². The summed E-state index contributed by atoms with van der Waals surface area (Å²) < 4.78 is 0. The van der Waals surface area contributed by atoms with E-state index in [0.29, 0.717) is 4.88 Å². The number of carbonyl (C=O) groups excluding carboxylic acids is 1. The van der Waals surface area contributed by atoms with Gasteiger partial charge in [0.15, 0.2) is 0 Å². The molecule has 0 aliphatic carbocycles. The zero-order valence-electron chi connectivity index (χ0n) is 11.0. The summed E-state index contributed by atoms with van der Waals surface area (Å²) in [6, 6.07) is 12.1. The van der Waals surface area contributed by atoms with Gasteiger partial charge in [-0.25, -0.2) is 5.84 Å². The number of rotatable bonds is 4. The third-order valence-corrected chi connectivity index (χ3v) is 3.92. The van der Waals surface area contributed by atoms with Crippen LogP contribution in [0.2, 0.25) is 0 Å². The second-order valence-corrected chi connectivity index (χ2v) is 5.60. The van der Waals surface area contributed by atoms with E-state index in [0.717, 1.165) is 11.4 Å². The number of hydrogen-bond acceptors (Lipinski definition) is 4. The molecule has 19 heavy (non-hydrogen) atoms. The number of benzene rings is 1. The summed E-state index contributed by atoms with van der Waals surface area (Å²) in [5, 5.41) is 0. The van der Waals surface area contributed by atoms with Crippen LogP contribution >= 0.6 is 11.3 Å². The van der Waals surface area contributed by atoms with Crippen molar-refractivity contribution in [3.63, 3.8) is 0 Å². The van der Waals surface area contributed by atoms with Gasteiger partial charge in [0.1, 0.15) is 0 Å². The standard InChI is InChI=1S/C14H17N3OS/c1-10-4-3-5-11(8-10)17(2)9-12-6-7-13(19-12)14(18)16-15/h3-8H,9,15H2,1-2H3,(H,16,18). The second-order valence-electron chi connectivity index (χ2n) is 4.43. The summed E-state index contributed by atoms with van der Waals surface area (Å²) in [5.41, 5.74) is 4.54. The molecule has 0 radical (unpaired) electrons. The first-order valence-corrected chi connectivity index (χ1v) is 6.79. The lowest BCUT2D eigenvalue weighted by atomic mass is 10.2. The number of hydrogen-bond donors (Lipinski definition) is 2. The molecule has 1 heterocycles. The van der Waals surface area contributed by atoms with Crippen LogP contribution in [0.1, 0.15) is 20.1 Å². The van der Waals surface area contributed by atoms with E-state index in [4.69, 9.17) is 5.84 Å². The smallest absolute Gasteiger partial charge is 0.275 e. The first-order chi connectivity index (χ1) is 9.10. The van der Waals surface area contributed by atoms with Crippen molar-refractivity contribution in [1.82, 2.24) is 5.43 Å². The van der Waals surface area contributed by atoms with E-state index in [1.54, 1.807) is 6.07 Å². The molecular formula is C14H17N3OS. The fourth-order valence-corrected chi connectivity index (χ4v) is 2.81. The van der Waals surface area contributed by atoms with E-state index < -0.39 is 0 Å². The van der Waals surface area contributed by atoms with Crippen LogP contribution in [0, 0.1) is 6.92 Å². The summed E-state index contributed by atoms with van der Waals surface area (Å²) in [6.07, 6.45) is 0. The predicted octanol–water partition coefficient (Wildman–Crippen LogP) is 2.30. The van der Waals surface area contributed by atoms with Crippen LogP contribution in [0.3, 0.4) is 0 Å². The Balaban J connectivity index is 2.08. The lowest BCUT2D eigenvalue weighted by Crippen LogP contribution is -2.29. The third kappa shape index (κ3) is 3.33. The molecule has 1 amide bonds. The summed E-state index contributed by atoms with van der Waals surface area (Å²) in [5.74, 6) is 4.88. The first-order valence-electron chi connectivity index (χ1n) is 5.97. The molecule has 1 aromatic carbocycles. The van der Waals surface area contributed by atoms with Gasteiger partial charge in [0.25, 0.3) is 5.91 Å². The molecule has 0 spiro atoms. The van der Waals surface area contributed by atoms with Crippen LogP contribution < -0.4 is 16.2 Å². The Bertz CT molecular complexity index is 580. The van der Waals surface area contributed by atoms with Gasteiger partial charge < -0.3 is 4.90 Å². The molecule has 5 heteroatoms. The number of thiophene rings is 1. The van der Waals surface area contributed by atoms with E-state index in [1.165, 1.54) is 22.6 Å². The molecule has 0 saturated carbocycles. The van der Waals surface area contributed by atoms with Crippen molar-refractivity contribution in [3.8, 4) is 0 Å². The molecule has 0 bridgehead atoms. The van der Waals surface area contributed by atoms with Crippen LogP contribution in [0.15, 0.2) is 36.4 Å². The quantitative estimate of drug-likeness (QED) is 0.511. The highest BCUT2D eigenvalue weighted by atomic mass is 32.1. The number of aryl methyl sites for hydroxylation is 1. The van der Waals surface area contributed by atoms with Crippen molar-refractivity contribution < 1.29 is 4.79 Å². The molecule has 0 fully saturated rings. The molecule has 4 nitrogen and oxygen atoms in total. The zero-order valence-corrected chi connectivity index (χ0v) is 11.8. The second kappa shape index (κ2) is 5.86. The number of nitrogens with one attached hydrogen (secondary N) is 1. The summed E-state index contributed by atoms with van der Waals surface area (Å²) in [6.45, 7) is 2.85. The Kier molecular flexibility index (Phi) is 4.19. The lowest BCUT2D eigenvalue weighted by Gasteiger charge is -2.18. The minimum atomic E-state index is -0.241. The maximum Gasteiger partial charge on any atom is 0.275 e. The van der Waals surface area contributed by atoms with Crippen LogP contribution in [-0.2, 0) is 6.54 Å². The number of nitrogen functional groups attached to an aromatic ring is 1. The average molecular weight is 275 g/mol. The van der Waals surface area contributed by atoms with Crippen molar-refractivity contribution >= 4 is 22.9 Å². The molecule has 0 aliphatic rings. The van der Waals surface area contributed by atoms with Gasteiger partial charge in [-0.3, -0.25) is 10.2 Å². The van der Waals surface area contributed by atoms with E-state index >= 15 is 0 Å². The highest BCUT2D eigenvalue weighted by Crippen LogP contribution is 2.21. The van der Waals surface area contributed by atoms with Crippen molar-refractivity contribution in [2.75, 3.05) is 11.9 Å². The SMILES string of the molecule is Cc1cccc(N(C)Cc2ccc(C(=O)NN)s2)c1. The first kappa shape index (κ1) is 13.6. The number of anilines is 1. The minimum absolute atomic E-state index is 0.241. The minimum Gasteiger partial charge on any atom is -0.369 e. The molecule has 0 aliphatic heterocycles. The van der Waals surface area contributed by atoms with Crippen LogP contribution in [-0.4, -0.2) is 13.0 Å². The van der Waals surface area contributed by atoms with Crippen molar-refractivity contribution in [3.05, 3.63) is 51.7 Å². The van der Waals surface area contributed by atoms with E-state index in [-0.39, 0.29) is 5.91 Å². The normalized spacial score (nSPS) is 10.3. The van der Waals surface area contributed by atoms with Gasteiger partial charge in [-0.2, -0.15) is 0 Å². The highest BCUT2D eigenvalue weighted by Gasteiger charge is 2.09.